The molecule has 0 saturated carbocycles. The fourth-order valence-electron chi connectivity index (χ4n) is 2.08. The highest BCUT2D eigenvalue weighted by molar-refractivity contribution is 5.50. The van der Waals surface area contributed by atoms with Crippen LogP contribution in [0.25, 0.3) is 0 Å². The number of nitrogens with one attached hydrogen (secondary N) is 1. The smallest absolute Gasteiger partial charge is 0.0354 e. The molecule has 2 nitrogen and oxygen atoms in total. The van der Waals surface area contributed by atoms with E-state index in [9.17, 15) is 0 Å². The number of likely N-dealkylation sites (tertiary alicyclic amines) is 1. The average molecular weight is 213 g/mol. The summed E-state index contributed by atoms with van der Waals surface area (Å²) in [6.45, 7) is 2.32. The summed E-state index contributed by atoms with van der Waals surface area (Å²) < 4.78 is 0. The Bertz CT molecular complexity index is 384. The van der Waals surface area contributed by atoms with Crippen LogP contribution in [0.3, 0.4) is 0 Å². The van der Waals surface area contributed by atoms with Gasteiger partial charge in [0, 0.05) is 17.3 Å². The van der Waals surface area contributed by atoms with E-state index in [2.05, 4.69) is 29.3 Å². The highest BCUT2D eigenvalue weighted by atomic mass is 15.1. The SMILES string of the molecule is [C]#Cc1cccc(NC2CCN(C)CC2)c1. The molecule has 1 aliphatic rings. The summed E-state index contributed by atoms with van der Waals surface area (Å²) in [5.74, 6) is 2.41. The second-order valence-corrected chi connectivity index (χ2v) is 4.43. The predicted molar refractivity (Wildman–Crippen MR) is 66.8 cm³/mol. The van der Waals surface area contributed by atoms with Crippen LogP contribution in [-0.2, 0) is 0 Å². The van der Waals surface area contributed by atoms with Crippen LogP contribution in [-0.4, -0.2) is 31.1 Å². The van der Waals surface area contributed by atoms with Crippen LogP contribution in [0.1, 0.15) is 18.4 Å². The lowest BCUT2D eigenvalue weighted by atomic mass is 10.0. The van der Waals surface area contributed by atoms with Gasteiger partial charge in [0.2, 0.25) is 0 Å². The van der Waals surface area contributed by atoms with Crippen molar-refractivity contribution in [2.24, 2.45) is 0 Å². The molecule has 1 fully saturated rings. The van der Waals surface area contributed by atoms with Crippen molar-refractivity contribution in [1.29, 1.82) is 0 Å². The molecule has 1 aliphatic heterocycles. The molecular weight excluding hydrogens is 196 g/mol. The number of hydrogen-bond donors (Lipinski definition) is 1. The minimum Gasteiger partial charge on any atom is -0.382 e. The molecular formula is C14H17N2. The van der Waals surface area contributed by atoms with Gasteiger partial charge in [0.25, 0.3) is 0 Å². The molecule has 16 heavy (non-hydrogen) atoms. The van der Waals surface area contributed by atoms with Crippen molar-refractivity contribution in [2.75, 3.05) is 25.5 Å². The molecule has 2 heteroatoms. The van der Waals surface area contributed by atoms with Crippen LogP contribution in [0.15, 0.2) is 24.3 Å². The summed E-state index contributed by atoms with van der Waals surface area (Å²) in [7, 11) is 2.17. The molecule has 1 aromatic carbocycles. The maximum Gasteiger partial charge on any atom is 0.0354 e. The second-order valence-electron chi connectivity index (χ2n) is 4.43. The summed E-state index contributed by atoms with van der Waals surface area (Å²) in [6.07, 6.45) is 9.48. The largest absolute Gasteiger partial charge is 0.382 e. The Hall–Kier alpha value is -1.46. The molecule has 0 aliphatic carbocycles. The van der Waals surface area contributed by atoms with Crippen LogP contribution in [0, 0.1) is 12.3 Å². The standard InChI is InChI=1S/C14H17N2/c1-3-12-5-4-6-14(11-12)15-13-7-9-16(2)10-8-13/h4-6,11,13,15H,7-10H2,2H3. The van der Waals surface area contributed by atoms with E-state index in [1.165, 1.54) is 12.8 Å². The van der Waals surface area contributed by atoms with Gasteiger partial charge in [0.15, 0.2) is 0 Å². The van der Waals surface area contributed by atoms with Crippen molar-refractivity contribution in [3.8, 4) is 5.92 Å². The lowest BCUT2D eigenvalue weighted by Gasteiger charge is -2.30. The minimum absolute atomic E-state index is 0.567. The molecule has 83 valence electrons. The quantitative estimate of drug-likeness (QED) is 0.757. The molecule has 0 aromatic heterocycles. The van der Waals surface area contributed by atoms with Gasteiger partial charge in [0.1, 0.15) is 0 Å². The van der Waals surface area contributed by atoms with Crippen molar-refractivity contribution >= 4 is 5.69 Å². The normalized spacial score (nSPS) is 18.0. The molecule has 1 heterocycles. The van der Waals surface area contributed by atoms with Crippen molar-refractivity contribution in [1.82, 2.24) is 4.90 Å². The molecule has 1 radical (unpaired) electrons. The fourth-order valence-corrected chi connectivity index (χ4v) is 2.08. The Kier molecular flexibility index (Phi) is 3.48. The molecule has 0 unspecified atom stereocenters. The van der Waals surface area contributed by atoms with Crippen LogP contribution in [0.2, 0.25) is 0 Å². The highest BCUT2D eigenvalue weighted by Crippen LogP contribution is 2.16. The van der Waals surface area contributed by atoms with Gasteiger partial charge in [0.05, 0.1) is 0 Å². The Morgan fingerprint density at radius 1 is 1.38 bits per heavy atom. The third-order valence-corrected chi connectivity index (χ3v) is 3.10. The van der Waals surface area contributed by atoms with Gasteiger partial charge in [-0.1, -0.05) is 12.0 Å². The molecule has 1 N–H and O–H groups in total. The van der Waals surface area contributed by atoms with Crippen molar-refractivity contribution in [2.45, 2.75) is 18.9 Å². The predicted octanol–water partition coefficient (Wildman–Crippen LogP) is 2.13. The van der Waals surface area contributed by atoms with Crippen molar-refractivity contribution in [3.63, 3.8) is 0 Å². The van der Waals surface area contributed by atoms with E-state index < -0.39 is 0 Å². The van der Waals surface area contributed by atoms with Crippen molar-refractivity contribution < 1.29 is 0 Å². The third kappa shape index (κ3) is 2.77. The summed E-state index contributed by atoms with van der Waals surface area (Å²) in [4.78, 5) is 2.36. The summed E-state index contributed by atoms with van der Waals surface area (Å²) in [5.41, 5.74) is 1.93. The van der Waals surface area contributed by atoms with Gasteiger partial charge < -0.3 is 10.2 Å². The topological polar surface area (TPSA) is 15.3 Å². The Balaban J connectivity index is 1.96. The van der Waals surface area contributed by atoms with Gasteiger partial charge in [-0.05, 0) is 57.6 Å². The zero-order chi connectivity index (χ0) is 11.4. The van der Waals surface area contributed by atoms with Gasteiger partial charge in [-0.15, -0.1) is 0 Å². The summed E-state index contributed by atoms with van der Waals surface area (Å²) >= 11 is 0. The first kappa shape index (κ1) is 11.0. The number of piperidine rings is 1. The number of benzene rings is 1. The molecule has 0 amide bonds. The number of rotatable bonds is 2. The Morgan fingerprint density at radius 2 is 2.12 bits per heavy atom. The first-order valence-corrected chi connectivity index (χ1v) is 5.76. The number of hydrogen-bond acceptors (Lipinski definition) is 2. The lowest BCUT2D eigenvalue weighted by Crippen LogP contribution is -2.36. The van der Waals surface area contributed by atoms with Gasteiger partial charge >= 0.3 is 0 Å². The van der Waals surface area contributed by atoms with E-state index in [1.807, 2.05) is 18.2 Å². The van der Waals surface area contributed by atoms with Crippen molar-refractivity contribution in [3.05, 3.63) is 36.3 Å². The van der Waals surface area contributed by atoms with Crippen LogP contribution < -0.4 is 5.32 Å². The zero-order valence-corrected chi connectivity index (χ0v) is 9.66. The second kappa shape index (κ2) is 5.05. The fraction of sp³-hybridized carbons (Fsp3) is 0.429. The summed E-state index contributed by atoms with van der Waals surface area (Å²) in [5, 5.41) is 3.53. The van der Waals surface area contributed by atoms with Crippen LogP contribution in [0.4, 0.5) is 5.69 Å². The van der Waals surface area contributed by atoms with Gasteiger partial charge in [-0.2, -0.15) is 0 Å². The number of anilines is 1. The summed E-state index contributed by atoms with van der Waals surface area (Å²) in [6, 6.07) is 8.46. The minimum atomic E-state index is 0.567. The molecule has 0 atom stereocenters. The van der Waals surface area contributed by atoms with E-state index in [1.54, 1.807) is 0 Å². The average Bonchev–Trinajstić information content (AvgIpc) is 2.32. The monoisotopic (exact) mass is 213 g/mol. The third-order valence-electron chi connectivity index (χ3n) is 3.10. The lowest BCUT2D eigenvalue weighted by molar-refractivity contribution is 0.264. The molecule has 0 bridgehead atoms. The van der Waals surface area contributed by atoms with Crippen LogP contribution >= 0.6 is 0 Å². The number of nitrogens with zero attached hydrogens (tertiary/aromatic N) is 1. The first-order chi connectivity index (χ1) is 7.78. The first-order valence-electron chi connectivity index (χ1n) is 5.76. The van der Waals surface area contributed by atoms with E-state index in [-0.39, 0.29) is 0 Å². The van der Waals surface area contributed by atoms with E-state index >= 15 is 0 Å². The van der Waals surface area contributed by atoms with Crippen LogP contribution in [0.5, 0.6) is 0 Å². The Labute approximate surface area is 97.7 Å². The molecule has 0 spiro atoms. The maximum atomic E-state index is 7.10. The van der Waals surface area contributed by atoms with Gasteiger partial charge in [-0.25, -0.2) is 0 Å². The van der Waals surface area contributed by atoms with E-state index in [0.29, 0.717) is 6.04 Å². The molecule has 1 aromatic rings. The zero-order valence-electron chi connectivity index (χ0n) is 9.66. The van der Waals surface area contributed by atoms with E-state index in [0.717, 1.165) is 24.3 Å². The Morgan fingerprint density at radius 3 is 2.81 bits per heavy atom. The van der Waals surface area contributed by atoms with E-state index in [4.69, 9.17) is 6.42 Å². The highest BCUT2D eigenvalue weighted by Gasteiger charge is 2.15. The molecule has 1 saturated heterocycles. The van der Waals surface area contributed by atoms with Gasteiger partial charge in [-0.3, -0.25) is 0 Å². The maximum absolute atomic E-state index is 7.10. The molecule has 2 rings (SSSR count).